The summed E-state index contributed by atoms with van der Waals surface area (Å²) in [7, 11) is 0. The van der Waals surface area contributed by atoms with Crippen LogP contribution in [0.2, 0.25) is 10.0 Å². The van der Waals surface area contributed by atoms with Gasteiger partial charge in [-0.15, -0.1) is 11.3 Å². The summed E-state index contributed by atoms with van der Waals surface area (Å²) in [5.74, 6) is 0.938. The van der Waals surface area contributed by atoms with E-state index in [1.807, 2.05) is 17.0 Å². The van der Waals surface area contributed by atoms with Gasteiger partial charge in [-0.2, -0.15) is 0 Å². The zero-order chi connectivity index (χ0) is 24.4. The number of hydrogen-bond donors (Lipinski definition) is 0. The van der Waals surface area contributed by atoms with Crippen molar-refractivity contribution >= 4 is 46.4 Å². The molecule has 0 spiro atoms. The molecular weight excluding hydrogens is 503 g/mol. The van der Waals surface area contributed by atoms with Crippen LogP contribution < -0.4 is 4.74 Å². The summed E-state index contributed by atoms with van der Waals surface area (Å²) in [5, 5.41) is 3.22. The van der Waals surface area contributed by atoms with Crippen LogP contribution in [0, 0.1) is 5.92 Å². The number of halogens is 2. The molecule has 2 amide bonds. The topological polar surface area (TPSA) is 49.9 Å². The van der Waals surface area contributed by atoms with Crippen LogP contribution in [0.3, 0.4) is 0 Å². The number of rotatable bonds is 8. The monoisotopic (exact) mass is 528 g/mol. The molecule has 3 aromatic rings. The summed E-state index contributed by atoms with van der Waals surface area (Å²) in [4.78, 5) is 31.8. The second-order valence-corrected chi connectivity index (χ2v) is 10.9. The lowest BCUT2D eigenvalue weighted by molar-refractivity contribution is -0.135. The highest BCUT2D eigenvalue weighted by atomic mass is 35.5. The molecule has 2 aliphatic rings. The van der Waals surface area contributed by atoms with Crippen molar-refractivity contribution in [2.24, 2.45) is 5.92 Å². The molecule has 0 N–H and O–H groups in total. The molecule has 2 heterocycles. The van der Waals surface area contributed by atoms with Crippen LogP contribution in [0.5, 0.6) is 5.75 Å². The van der Waals surface area contributed by atoms with E-state index in [2.05, 4.69) is 11.4 Å². The molecule has 1 atom stereocenters. The van der Waals surface area contributed by atoms with Gasteiger partial charge in [-0.25, -0.2) is 0 Å². The van der Waals surface area contributed by atoms with Crippen molar-refractivity contribution in [3.63, 3.8) is 0 Å². The number of amides is 2. The van der Waals surface area contributed by atoms with E-state index in [4.69, 9.17) is 27.9 Å². The molecule has 1 aliphatic heterocycles. The standard InChI is InChI=1S/C27H26Cl2N2O3S/c28-20-6-8-22(9-7-20)34-17-24-23-11-13-35-25(23)10-12-31(24)26(32)16-30(15-18-4-5-18)27(33)19-2-1-3-21(29)14-19/h1-3,6-9,11,13-14,18,24H,4-5,10,12,15-17H2/t24-/m0/s1. The molecule has 5 rings (SSSR count). The van der Waals surface area contributed by atoms with E-state index in [9.17, 15) is 9.59 Å². The molecule has 1 saturated carbocycles. The van der Waals surface area contributed by atoms with Crippen molar-refractivity contribution < 1.29 is 14.3 Å². The molecule has 0 bridgehead atoms. The zero-order valence-corrected chi connectivity index (χ0v) is 21.5. The third-order valence-corrected chi connectivity index (χ3v) is 7.98. The highest BCUT2D eigenvalue weighted by Crippen LogP contribution is 2.35. The first-order chi connectivity index (χ1) is 17.0. The summed E-state index contributed by atoms with van der Waals surface area (Å²) in [6, 6.07) is 16.0. The average Bonchev–Trinajstić information content (AvgIpc) is 3.54. The van der Waals surface area contributed by atoms with E-state index in [0.29, 0.717) is 47.0 Å². The normalized spacial score (nSPS) is 17.1. The van der Waals surface area contributed by atoms with Crippen molar-refractivity contribution in [3.8, 4) is 5.75 Å². The predicted molar refractivity (Wildman–Crippen MR) is 140 cm³/mol. The Labute approximate surface area is 219 Å². The number of hydrogen-bond acceptors (Lipinski definition) is 4. The Hall–Kier alpha value is -2.54. The third kappa shape index (κ3) is 5.83. The van der Waals surface area contributed by atoms with Gasteiger partial charge in [-0.1, -0.05) is 29.3 Å². The lowest BCUT2D eigenvalue weighted by atomic mass is 10.0. The second-order valence-electron chi connectivity index (χ2n) is 9.06. The maximum absolute atomic E-state index is 13.6. The van der Waals surface area contributed by atoms with Crippen molar-refractivity contribution in [1.82, 2.24) is 9.80 Å². The Morgan fingerprint density at radius 1 is 1.06 bits per heavy atom. The highest BCUT2D eigenvalue weighted by molar-refractivity contribution is 7.10. The van der Waals surface area contributed by atoms with E-state index in [1.54, 1.807) is 52.6 Å². The van der Waals surface area contributed by atoms with Gasteiger partial charge in [-0.05, 0) is 84.7 Å². The SMILES string of the molecule is O=C(c1cccc(Cl)c1)N(CC(=O)N1CCc2sccc2[C@@H]1COc1ccc(Cl)cc1)CC1CC1. The van der Waals surface area contributed by atoms with Crippen molar-refractivity contribution in [2.45, 2.75) is 25.3 Å². The van der Waals surface area contributed by atoms with Gasteiger partial charge in [0.25, 0.3) is 5.91 Å². The number of benzene rings is 2. The van der Waals surface area contributed by atoms with Crippen LogP contribution in [0.25, 0.3) is 0 Å². The zero-order valence-electron chi connectivity index (χ0n) is 19.2. The fourth-order valence-electron chi connectivity index (χ4n) is 4.47. The Morgan fingerprint density at radius 2 is 1.86 bits per heavy atom. The average molecular weight is 529 g/mol. The maximum atomic E-state index is 13.6. The van der Waals surface area contributed by atoms with Gasteiger partial charge in [0.05, 0.1) is 6.04 Å². The Morgan fingerprint density at radius 3 is 2.60 bits per heavy atom. The maximum Gasteiger partial charge on any atom is 0.254 e. The number of thiophene rings is 1. The van der Waals surface area contributed by atoms with Crippen molar-refractivity contribution in [3.05, 3.63) is 86.0 Å². The molecule has 2 aromatic carbocycles. The minimum absolute atomic E-state index is 0.0404. The van der Waals surface area contributed by atoms with Gasteiger partial charge in [0.2, 0.25) is 5.91 Å². The molecule has 0 saturated heterocycles. The quantitative estimate of drug-likeness (QED) is 0.354. The molecular formula is C27H26Cl2N2O3S. The predicted octanol–water partition coefficient (Wildman–Crippen LogP) is 6.11. The number of ether oxygens (including phenoxy) is 1. The Balaban J connectivity index is 1.34. The highest BCUT2D eigenvalue weighted by Gasteiger charge is 2.35. The lowest BCUT2D eigenvalue weighted by Gasteiger charge is -2.37. The van der Waals surface area contributed by atoms with E-state index in [1.165, 1.54) is 4.88 Å². The van der Waals surface area contributed by atoms with E-state index >= 15 is 0 Å². The smallest absolute Gasteiger partial charge is 0.254 e. The Kier molecular flexibility index (Phi) is 7.32. The number of fused-ring (bicyclic) bond motifs is 1. The van der Waals surface area contributed by atoms with Crippen LogP contribution in [0.1, 0.15) is 39.7 Å². The largest absolute Gasteiger partial charge is 0.491 e. The summed E-state index contributed by atoms with van der Waals surface area (Å²) in [5.41, 5.74) is 1.63. The molecule has 35 heavy (non-hydrogen) atoms. The first-order valence-electron chi connectivity index (χ1n) is 11.8. The second kappa shape index (κ2) is 10.6. The molecule has 0 unspecified atom stereocenters. The molecule has 8 heteroatoms. The Bertz CT molecular complexity index is 1210. The van der Waals surface area contributed by atoms with Crippen LogP contribution >= 0.6 is 34.5 Å². The number of carbonyl (C=O) groups excluding carboxylic acids is 2. The van der Waals surface area contributed by atoms with Crippen LogP contribution in [-0.4, -0.2) is 47.9 Å². The molecule has 182 valence electrons. The van der Waals surface area contributed by atoms with Gasteiger partial charge in [0, 0.05) is 33.6 Å². The fourth-order valence-corrected chi connectivity index (χ4v) is 5.71. The lowest BCUT2D eigenvalue weighted by Crippen LogP contribution is -2.48. The van der Waals surface area contributed by atoms with Gasteiger partial charge in [-0.3, -0.25) is 9.59 Å². The van der Waals surface area contributed by atoms with E-state index < -0.39 is 0 Å². The summed E-state index contributed by atoms with van der Waals surface area (Å²) < 4.78 is 6.07. The minimum atomic E-state index is -0.211. The summed E-state index contributed by atoms with van der Waals surface area (Å²) >= 11 is 13.8. The van der Waals surface area contributed by atoms with Gasteiger partial charge in [0.15, 0.2) is 0 Å². The van der Waals surface area contributed by atoms with Gasteiger partial charge >= 0.3 is 0 Å². The summed E-state index contributed by atoms with van der Waals surface area (Å²) in [6.45, 7) is 1.56. The van der Waals surface area contributed by atoms with Crippen LogP contribution in [-0.2, 0) is 11.2 Å². The molecule has 0 radical (unpaired) electrons. The molecule has 1 fully saturated rings. The number of nitrogens with zero attached hydrogens (tertiary/aromatic N) is 2. The van der Waals surface area contributed by atoms with Crippen LogP contribution in [0.4, 0.5) is 0 Å². The van der Waals surface area contributed by atoms with Gasteiger partial charge < -0.3 is 14.5 Å². The van der Waals surface area contributed by atoms with Crippen molar-refractivity contribution in [2.75, 3.05) is 26.2 Å². The summed E-state index contributed by atoms with van der Waals surface area (Å²) in [6.07, 6.45) is 2.99. The molecule has 5 nitrogen and oxygen atoms in total. The number of carbonyl (C=O) groups is 2. The van der Waals surface area contributed by atoms with Crippen LogP contribution in [0.15, 0.2) is 60.0 Å². The minimum Gasteiger partial charge on any atom is -0.491 e. The molecule has 1 aliphatic carbocycles. The first kappa shape index (κ1) is 24.2. The fraction of sp³-hybridized carbons (Fsp3) is 0.333. The van der Waals surface area contributed by atoms with E-state index in [0.717, 1.165) is 24.8 Å². The van der Waals surface area contributed by atoms with E-state index in [-0.39, 0.29) is 24.4 Å². The molecule has 1 aromatic heterocycles. The third-order valence-electron chi connectivity index (χ3n) is 6.50. The van der Waals surface area contributed by atoms with Crippen molar-refractivity contribution in [1.29, 1.82) is 0 Å². The first-order valence-corrected chi connectivity index (χ1v) is 13.4. The van der Waals surface area contributed by atoms with Gasteiger partial charge in [0.1, 0.15) is 18.9 Å².